The molecule has 0 spiro atoms. The van der Waals surface area contributed by atoms with Crippen LogP contribution in [-0.4, -0.2) is 24.4 Å². The van der Waals surface area contributed by atoms with Gasteiger partial charge in [0.1, 0.15) is 17.6 Å². The molecule has 1 aromatic rings. The van der Waals surface area contributed by atoms with E-state index in [1.807, 2.05) is 6.92 Å². The molecule has 4 heteroatoms. The lowest BCUT2D eigenvalue weighted by Gasteiger charge is -2.22. The van der Waals surface area contributed by atoms with Crippen LogP contribution in [0.5, 0.6) is 11.5 Å². The van der Waals surface area contributed by atoms with Crippen molar-refractivity contribution in [3.8, 4) is 11.5 Å². The summed E-state index contributed by atoms with van der Waals surface area (Å²) < 4.78 is 10.5. The van der Waals surface area contributed by atoms with Crippen LogP contribution in [0.2, 0.25) is 0 Å². The lowest BCUT2D eigenvalue weighted by atomic mass is 9.93. The Morgan fingerprint density at radius 1 is 1.16 bits per heavy atom. The molecule has 0 heterocycles. The number of aliphatic hydroxyl groups is 2. The van der Waals surface area contributed by atoms with E-state index in [1.54, 1.807) is 12.1 Å². The Labute approximate surface area is 114 Å². The molecule has 1 aromatic carbocycles. The fourth-order valence-electron chi connectivity index (χ4n) is 2.14. The molecule has 0 unspecified atom stereocenters. The van der Waals surface area contributed by atoms with Crippen molar-refractivity contribution in [1.29, 1.82) is 0 Å². The average Bonchev–Trinajstić information content (AvgIpc) is 2.44. The first-order valence-corrected chi connectivity index (χ1v) is 6.34. The molecule has 19 heavy (non-hydrogen) atoms. The minimum absolute atomic E-state index is 0.512. The highest BCUT2D eigenvalue weighted by molar-refractivity contribution is 5.52. The van der Waals surface area contributed by atoms with Gasteiger partial charge in [-0.05, 0) is 18.6 Å². The minimum atomic E-state index is -0.911. The summed E-state index contributed by atoms with van der Waals surface area (Å²) in [5.74, 6) is 1.05. The molecule has 0 aliphatic carbocycles. The van der Waals surface area contributed by atoms with Crippen molar-refractivity contribution in [3.63, 3.8) is 0 Å². The number of aliphatic hydroxyl groups excluding tert-OH is 2. The summed E-state index contributed by atoms with van der Waals surface area (Å²) in [7, 11) is 3.06. The summed E-state index contributed by atoms with van der Waals surface area (Å²) in [6.07, 6.45) is 1.19. The van der Waals surface area contributed by atoms with E-state index in [2.05, 4.69) is 6.58 Å². The standard InChI is InChI=1S/C15H22O4/c1-5-7-11(17)15-13(19-4)9-8-12(18-3)14(15)10(16)6-2/h6,8-11,16-17H,2,5,7H2,1,3-4H3/t10-,11+/m0/s1. The molecule has 0 saturated carbocycles. The zero-order valence-electron chi connectivity index (χ0n) is 11.7. The van der Waals surface area contributed by atoms with Gasteiger partial charge in [-0.15, -0.1) is 6.58 Å². The van der Waals surface area contributed by atoms with Gasteiger partial charge in [-0.2, -0.15) is 0 Å². The molecule has 0 fully saturated rings. The summed E-state index contributed by atoms with van der Waals surface area (Å²) in [4.78, 5) is 0. The highest BCUT2D eigenvalue weighted by Gasteiger charge is 2.24. The largest absolute Gasteiger partial charge is 0.496 e. The third-order valence-electron chi connectivity index (χ3n) is 3.06. The second-order valence-corrected chi connectivity index (χ2v) is 4.28. The van der Waals surface area contributed by atoms with E-state index in [0.29, 0.717) is 29.0 Å². The minimum Gasteiger partial charge on any atom is -0.496 e. The van der Waals surface area contributed by atoms with Crippen molar-refractivity contribution in [2.75, 3.05) is 14.2 Å². The Bertz CT molecular complexity index is 428. The first-order chi connectivity index (χ1) is 9.10. The number of benzene rings is 1. The Hall–Kier alpha value is -1.52. The van der Waals surface area contributed by atoms with Gasteiger partial charge in [0, 0.05) is 11.1 Å². The van der Waals surface area contributed by atoms with Gasteiger partial charge in [0.15, 0.2) is 0 Å². The fraction of sp³-hybridized carbons (Fsp3) is 0.467. The second kappa shape index (κ2) is 7.16. The zero-order valence-corrected chi connectivity index (χ0v) is 11.7. The predicted molar refractivity (Wildman–Crippen MR) is 74.6 cm³/mol. The maximum atomic E-state index is 10.3. The van der Waals surface area contributed by atoms with Crippen molar-refractivity contribution >= 4 is 0 Å². The van der Waals surface area contributed by atoms with Gasteiger partial charge in [0.2, 0.25) is 0 Å². The molecule has 0 aromatic heterocycles. The number of ether oxygens (including phenoxy) is 2. The number of rotatable bonds is 7. The Balaban J connectivity index is 3.46. The molecule has 0 radical (unpaired) electrons. The SMILES string of the molecule is C=C[C@H](O)c1c(OC)ccc(OC)c1[C@H](O)CCC. The zero-order chi connectivity index (χ0) is 14.4. The van der Waals surface area contributed by atoms with Gasteiger partial charge < -0.3 is 19.7 Å². The molecule has 106 valence electrons. The number of hydrogen-bond donors (Lipinski definition) is 2. The molecule has 0 aliphatic heterocycles. The van der Waals surface area contributed by atoms with Gasteiger partial charge in [-0.3, -0.25) is 0 Å². The molecular formula is C15H22O4. The van der Waals surface area contributed by atoms with E-state index in [4.69, 9.17) is 9.47 Å². The summed E-state index contributed by atoms with van der Waals surface area (Å²) in [5.41, 5.74) is 1.08. The molecule has 4 nitrogen and oxygen atoms in total. The molecule has 0 bridgehead atoms. The van der Waals surface area contributed by atoms with Crippen molar-refractivity contribution in [2.24, 2.45) is 0 Å². The van der Waals surface area contributed by atoms with E-state index in [0.717, 1.165) is 6.42 Å². The third-order valence-corrected chi connectivity index (χ3v) is 3.06. The lowest BCUT2D eigenvalue weighted by Crippen LogP contribution is -2.09. The molecular weight excluding hydrogens is 244 g/mol. The van der Waals surface area contributed by atoms with Gasteiger partial charge in [0.25, 0.3) is 0 Å². The molecule has 0 saturated heterocycles. The topological polar surface area (TPSA) is 58.9 Å². The van der Waals surface area contributed by atoms with Crippen LogP contribution in [0.1, 0.15) is 43.1 Å². The fourth-order valence-corrected chi connectivity index (χ4v) is 2.14. The van der Waals surface area contributed by atoms with Gasteiger partial charge in [-0.25, -0.2) is 0 Å². The van der Waals surface area contributed by atoms with Gasteiger partial charge in [0.05, 0.1) is 20.3 Å². The molecule has 2 atom stereocenters. The Morgan fingerprint density at radius 3 is 2.11 bits per heavy atom. The van der Waals surface area contributed by atoms with Crippen LogP contribution in [0.3, 0.4) is 0 Å². The van der Waals surface area contributed by atoms with Crippen LogP contribution < -0.4 is 9.47 Å². The van der Waals surface area contributed by atoms with Crippen molar-refractivity contribution in [3.05, 3.63) is 35.9 Å². The first kappa shape index (κ1) is 15.5. The van der Waals surface area contributed by atoms with Crippen LogP contribution in [-0.2, 0) is 0 Å². The van der Waals surface area contributed by atoms with E-state index in [9.17, 15) is 10.2 Å². The average molecular weight is 266 g/mol. The summed E-state index contributed by atoms with van der Waals surface area (Å²) in [5, 5.41) is 20.4. The van der Waals surface area contributed by atoms with Crippen LogP contribution in [0.25, 0.3) is 0 Å². The highest BCUT2D eigenvalue weighted by atomic mass is 16.5. The maximum Gasteiger partial charge on any atom is 0.125 e. The van der Waals surface area contributed by atoms with Crippen LogP contribution in [0, 0.1) is 0 Å². The smallest absolute Gasteiger partial charge is 0.125 e. The molecule has 0 amide bonds. The second-order valence-electron chi connectivity index (χ2n) is 4.28. The Kier molecular flexibility index (Phi) is 5.86. The van der Waals surface area contributed by atoms with E-state index >= 15 is 0 Å². The monoisotopic (exact) mass is 266 g/mol. The van der Waals surface area contributed by atoms with Gasteiger partial charge >= 0.3 is 0 Å². The summed E-state index contributed by atoms with van der Waals surface area (Å²) in [6.45, 7) is 5.57. The number of hydrogen-bond acceptors (Lipinski definition) is 4. The van der Waals surface area contributed by atoms with Crippen molar-refractivity contribution < 1.29 is 19.7 Å². The highest BCUT2D eigenvalue weighted by Crippen LogP contribution is 2.40. The molecule has 1 rings (SSSR count). The van der Waals surface area contributed by atoms with E-state index < -0.39 is 12.2 Å². The van der Waals surface area contributed by atoms with Crippen LogP contribution in [0.15, 0.2) is 24.8 Å². The number of methoxy groups -OCH3 is 2. The van der Waals surface area contributed by atoms with Gasteiger partial charge in [-0.1, -0.05) is 19.4 Å². The lowest BCUT2D eigenvalue weighted by molar-refractivity contribution is 0.153. The third kappa shape index (κ3) is 3.28. The van der Waals surface area contributed by atoms with Crippen LogP contribution in [0.4, 0.5) is 0 Å². The van der Waals surface area contributed by atoms with Crippen molar-refractivity contribution in [2.45, 2.75) is 32.0 Å². The molecule has 2 N–H and O–H groups in total. The normalized spacial score (nSPS) is 13.7. The summed E-state index contributed by atoms with van der Waals surface area (Å²) in [6, 6.07) is 3.44. The quantitative estimate of drug-likeness (QED) is 0.745. The van der Waals surface area contributed by atoms with E-state index in [1.165, 1.54) is 20.3 Å². The maximum absolute atomic E-state index is 10.3. The summed E-state index contributed by atoms with van der Waals surface area (Å²) >= 11 is 0. The first-order valence-electron chi connectivity index (χ1n) is 6.34. The Morgan fingerprint density at radius 2 is 1.68 bits per heavy atom. The van der Waals surface area contributed by atoms with Crippen LogP contribution >= 0.6 is 0 Å². The van der Waals surface area contributed by atoms with E-state index in [-0.39, 0.29) is 0 Å². The molecule has 0 aliphatic rings. The predicted octanol–water partition coefficient (Wildman–Crippen LogP) is 2.76. The van der Waals surface area contributed by atoms with Crippen molar-refractivity contribution in [1.82, 2.24) is 0 Å².